The quantitative estimate of drug-likeness (QED) is 0.672. The van der Waals surface area contributed by atoms with E-state index < -0.39 is 12.0 Å². The topological polar surface area (TPSA) is 102 Å². The van der Waals surface area contributed by atoms with Crippen LogP contribution in [0.4, 0.5) is 15.6 Å². The molecule has 0 radical (unpaired) electrons. The number of amides is 2. The summed E-state index contributed by atoms with van der Waals surface area (Å²) < 4.78 is 10.8. The lowest BCUT2D eigenvalue weighted by Gasteiger charge is -2.09. The van der Waals surface area contributed by atoms with Crippen LogP contribution in [0.15, 0.2) is 28.6 Å². The van der Waals surface area contributed by atoms with Crippen molar-refractivity contribution in [3.05, 3.63) is 24.3 Å². The molecule has 1 aromatic carbocycles. The molecule has 2 N–H and O–H groups in total. The molecule has 0 saturated carbocycles. The third kappa shape index (κ3) is 6.24. The molecule has 0 aliphatic heterocycles. The zero-order valence-electron chi connectivity index (χ0n) is 13.8. The summed E-state index contributed by atoms with van der Waals surface area (Å²) in [5, 5.41) is 13.9. The Hall–Kier alpha value is -2.33. The van der Waals surface area contributed by atoms with Crippen LogP contribution in [0.3, 0.4) is 0 Å². The van der Waals surface area contributed by atoms with Crippen molar-refractivity contribution in [2.75, 3.05) is 24.3 Å². The number of para-hydroxylation sites is 2. The maximum atomic E-state index is 11.6. The highest BCUT2D eigenvalue weighted by molar-refractivity contribution is 8.01. The van der Waals surface area contributed by atoms with Crippen molar-refractivity contribution in [1.29, 1.82) is 0 Å². The van der Waals surface area contributed by atoms with E-state index in [0.29, 0.717) is 16.1 Å². The summed E-state index contributed by atoms with van der Waals surface area (Å²) in [6, 6.07) is 7.52. The molecule has 0 aliphatic carbocycles. The standard InChI is InChI=1S/C15H18N4O4S2/c1-3-22-11-8-6-5-7-10(11)16-13-18-19-15(25-13)24-9-12(20)17-14(21)23-4-2/h5-8H,3-4,9H2,1-2H3,(H,16,18)(H,17,20,21). The number of hydrogen-bond donors (Lipinski definition) is 2. The predicted molar refractivity (Wildman–Crippen MR) is 96.7 cm³/mol. The van der Waals surface area contributed by atoms with E-state index in [1.807, 2.05) is 31.2 Å². The second-order valence-corrected chi connectivity index (χ2v) is 6.68. The number of nitrogens with one attached hydrogen (secondary N) is 2. The fraction of sp³-hybridized carbons (Fsp3) is 0.333. The molecule has 0 saturated heterocycles. The van der Waals surface area contributed by atoms with Crippen LogP contribution in [0, 0.1) is 0 Å². The monoisotopic (exact) mass is 382 g/mol. The van der Waals surface area contributed by atoms with Gasteiger partial charge in [0, 0.05) is 0 Å². The van der Waals surface area contributed by atoms with Crippen molar-refractivity contribution in [2.45, 2.75) is 18.2 Å². The number of thioether (sulfide) groups is 1. The fourth-order valence-electron chi connectivity index (χ4n) is 1.73. The number of carbonyl (C=O) groups excluding carboxylic acids is 2. The smallest absolute Gasteiger partial charge is 0.413 e. The first-order valence-corrected chi connectivity index (χ1v) is 9.34. The molecule has 2 amide bonds. The Bertz CT molecular complexity index is 723. The summed E-state index contributed by atoms with van der Waals surface area (Å²) >= 11 is 2.49. The number of carbonyl (C=O) groups is 2. The van der Waals surface area contributed by atoms with Gasteiger partial charge in [-0.05, 0) is 26.0 Å². The van der Waals surface area contributed by atoms with E-state index in [9.17, 15) is 9.59 Å². The van der Waals surface area contributed by atoms with E-state index in [1.165, 1.54) is 23.1 Å². The fourth-order valence-corrected chi connectivity index (χ4v) is 3.29. The van der Waals surface area contributed by atoms with Gasteiger partial charge >= 0.3 is 6.09 Å². The minimum Gasteiger partial charge on any atom is -0.492 e. The first-order valence-electron chi connectivity index (χ1n) is 7.54. The number of benzene rings is 1. The Kier molecular flexibility index (Phi) is 7.48. The predicted octanol–water partition coefficient (Wildman–Crippen LogP) is 3.05. The highest BCUT2D eigenvalue weighted by Crippen LogP contribution is 2.31. The Morgan fingerprint density at radius 1 is 1.20 bits per heavy atom. The van der Waals surface area contributed by atoms with Crippen molar-refractivity contribution in [1.82, 2.24) is 15.5 Å². The van der Waals surface area contributed by atoms with Gasteiger partial charge in [0.2, 0.25) is 11.0 Å². The molecule has 1 aromatic heterocycles. The molecule has 0 atom stereocenters. The van der Waals surface area contributed by atoms with E-state index in [4.69, 9.17) is 4.74 Å². The minimum atomic E-state index is -0.750. The average Bonchev–Trinajstić information content (AvgIpc) is 3.03. The van der Waals surface area contributed by atoms with E-state index in [2.05, 4.69) is 25.6 Å². The summed E-state index contributed by atoms with van der Waals surface area (Å²) in [5.41, 5.74) is 0.789. The van der Waals surface area contributed by atoms with Gasteiger partial charge in [0.15, 0.2) is 4.34 Å². The van der Waals surface area contributed by atoms with Crippen molar-refractivity contribution in [3.63, 3.8) is 0 Å². The second-order valence-electron chi connectivity index (χ2n) is 4.48. The zero-order valence-corrected chi connectivity index (χ0v) is 15.4. The van der Waals surface area contributed by atoms with Gasteiger partial charge in [-0.2, -0.15) is 0 Å². The van der Waals surface area contributed by atoms with Gasteiger partial charge in [0.25, 0.3) is 0 Å². The molecule has 0 bridgehead atoms. The lowest BCUT2D eigenvalue weighted by Crippen LogP contribution is -2.32. The van der Waals surface area contributed by atoms with E-state index in [-0.39, 0.29) is 12.4 Å². The minimum absolute atomic E-state index is 0.0446. The van der Waals surface area contributed by atoms with Crippen LogP contribution in [0.25, 0.3) is 0 Å². The summed E-state index contributed by atoms with van der Waals surface area (Å²) in [5.74, 6) is 0.321. The normalized spacial score (nSPS) is 10.2. The zero-order chi connectivity index (χ0) is 18.1. The van der Waals surface area contributed by atoms with E-state index in [1.54, 1.807) is 6.92 Å². The lowest BCUT2D eigenvalue weighted by atomic mass is 10.3. The summed E-state index contributed by atoms with van der Waals surface area (Å²) in [6.45, 7) is 4.35. The number of ether oxygens (including phenoxy) is 2. The van der Waals surface area contributed by atoms with E-state index in [0.717, 1.165) is 11.4 Å². The molecular weight excluding hydrogens is 364 g/mol. The third-order valence-electron chi connectivity index (χ3n) is 2.68. The second kappa shape index (κ2) is 9.84. The van der Waals surface area contributed by atoms with Gasteiger partial charge in [-0.3, -0.25) is 10.1 Å². The molecular formula is C15H18N4O4S2. The summed E-state index contributed by atoms with van der Waals surface area (Å²) in [7, 11) is 0. The SMILES string of the molecule is CCOC(=O)NC(=O)CSc1nnc(Nc2ccccc2OCC)s1. The van der Waals surface area contributed by atoms with Crippen LogP contribution < -0.4 is 15.4 Å². The van der Waals surface area contributed by atoms with Crippen LogP contribution in [0.2, 0.25) is 0 Å². The number of rotatable bonds is 8. The molecule has 2 rings (SSSR count). The number of alkyl carbamates (subject to hydrolysis) is 1. The molecule has 25 heavy (non-hydrogen) atoms. The van der Waals surface area contributed by atoms with Crippen molar-refractivity contribution >= 4 is 45.9 Å². The number of nitrogens with zero attached hydrogens (tertiary/aromatic N) is 2. The Morgan fingerprint density at radius 2 is 2.00 bits per heavy atom. The molecule has 0 aliphatic rings. The molecule has 8 nitrogen and oxygen atoms in total. The lowest BCUT2D eigenvalue weighted by molar-refractivity contribution is -0.117. The molecule has 0 spiro atoms. The first kappa shape index (κ1) is 19.0. The number of anilines is 2. The molecule has 134 valence electrons. The molecule has 2 aromatic rings. The van der Waals surface area contributed by atoms with Gasteiger partial charge in [-0.15, -0.1) is 10.2 Å². The number of hydrogen-bond acceptors (Lipinski definition) is 9. The van der Waals surface area contributed by atoms with Gasteiger partial charge < -0.3 is 14.8 Å². The van der Waals surface area contributed by atoms with Crippen molar-refractivity contribution in [3.8, 4) is 5.75 Å². The van der Waals surface area contributed by atoms with Gasteiger partial charge in [-0.25, -0.2) is 4.79 Å². The summed E-state index contributed by atoms with van der Waals surface area (Å²) in [6.07, 6.45) is -0.750. The van der Waals surface area contributed by atoms with Crippen molar-refractivity contribution in [2.24, 2.45) is 0 Å². The van der Waals surface area contributed by atoms with Crippen molar-refractivity contribution < 1.29 is 19.1 Å². The number of aromatic nitrogens is 2. The highest BCUT2D eigenvalue weighted by atomic mass is 32.2. The maximum absolute atomic E-state index is 11.6. The Balaban J connectivity index is 1.88. The maximum Gasteiger partial charge on any atom is 0.413 e. The van der Waals surface area contributed by atoms with Gasteiger partial charge in [-0.1, -0.05) is 35.2 Å². The Morgan fingerprint density at radius 3 is 2.76 bits per heavy atom. The average molecular weight is 382 g/mol. The van der Waals surface area contributed by atoms with Crippen LogP contribution in [0.1, 0.15) is 13.8 Å². The molecule has 1 heterocycles. The van der Waals surface area contributed by atoms with Crippen LogP contribution in [-0.2, 0) is 9.53 Å². The first-order chi connectivity index (χ1) is 12.1. The highest BCUT2D eigenvalue weighted by Gasteiger charge is 2.12. The summed E-state index contributed by atoms with van der Waals surface area (Å²) in [4.78, 5) is 22.8. The van der Waals surface area contributed by atoms with Crippen LogP contribution in [0.5, 0.6) is 5.75 Å². The van der Waals surface area contributed by atoms with Crippen LogP contribution >= 0.6 is 23.1 Å². The molecule has 10 heteroatoms. The van der Waals surface area contributed by atoms with E-state index >= 15 is 0 Å². The van der Waals surface area contributed by atoms with Gasteiger partial charge in [0.1, 0.15) is 5.75 Å². The molecule has 0 fully saturated rings. The number of imide groups is 1. The molecule has 0 unspecified atom stereocenters. The van der Waals surface area contributed by atoms with Gasteiger partial charge in [0.05, 0.1) is 24.7 Å². The third-order valence-corrected chi connectivity index (χ3v) is 4.65. The Labute approximate surface area is 153 Å². The largest absolute Gasteiger partial charge is 0.492 e. The van der Waals surface area contributed by atoms with Crippen LogP contribution in [-0.4, -0.2) is 41.2 Å².